The molecule has 0 radical (unpaired) electrons. The minimum absolute atomic E-state index is 0.320. The molecule has 5 nitrogen and oxygen atoms in total. The van der Waals surface area contributed by atoms with Gasteiger partial charge in [0.05, 0.1) is 5.02 Å². The van der Waals surface area contributed by atoms with E-state index in [9.17, 15) is 9.59 Å². The first kappa shape index (κ1) is 17.8. The molecule has 2 atom stereocenters. The Morgan fingerprint density at radius 3 is 2.38 bits per heavy atom. The summed E-state index contributed by atoms with van der Waals surface area (Å²) in [6.45, 7) is 1.58. The Bertz CT molecular complexity index is 706. The van der Waals surface area contributed by atoms with Crippen LogP contribution in [0.25, 0.3) is 0 Å². The summed E-state index contributed by atoms with van der Waals surface area (Å²) in [6, 6.07) is 15.4. The molecule has 0 fully saturated rings. The highest BCUT2D eigenvalue weighted by Crippen LogP contribution is 2.24. The van der Waals surface area contributed by atoms with Crippen LogP contribution in [0, 0.1) is 0 Å². The van der Waals surface area contributed by atoms with Gasteiger partial charge in [-0.1, -0.05) is 54.1 Å². The fraction of sp³-hybridized carbons (Fsp3) is 0.222. The third-order valence-electron chi connectivity index (χ3n) is 3.45. The molecule has 0 aliphatic heterocycles. The van der Waals surface area contributed by atoms with Crippen LogP contribution < -0.4 is 15.8 Å². The quantitative estimate of drug-likeness (QED) is 0.807. The second-order valence-corrected chi connectivity index (χ2v) is 5.75. The second kappa shape index (κ2) is 8.36. The molecule has 3 N–H and O–H groups in total. The largest absolute Gasteiger partial charge is 0.479 e. The third kappa shape index (κ3) is 4.99. The maximum Gasteiger partial charge on any atom is 0.261 e. The number of nitrogens with two attached hydrogens (primary N) is 1. The first-order valence-electron chi connectivity index (χ1n) is 7.52. The van der Waals surface area contributed by atoms with E-state index in [1.165, 1.54) is 0 Å². The van der Waals surface area contributed by atoms with Crippen molar-refractivity contribution in [3.05, 3.63) is 65.2 Å². The van der Waals surface area contributed by atoms with Crippen LogP contribution in [0.3, 0.4) is 0 Å². The van der Waals surface area contributed by atoms with Gasteiger partial charge in [0.25, 0.3) is 5.91 Å². The molecule has 0 aliphatic rings. The fourth-order valence-corrected chi connectivity index (χ4v) is 2.33. The Hall–Kier alpha value is -2.53. The number of primary amides is 1. The third-order valence-corrected chi connectivity index (χ3v) is 3.76. The molecule has 2 aromatic rings. The zero-order valence-corrected chi connectivity index (χ0v) is 14.0. The van der Waals surface area contributed by atoms with E-state index in [-0.39, 0.29) is 0 Å². The van der Waals surface area contributed by atoms with Gasteiger partial charge in [-0.2, -0.15) is 0 Å². The van der Waals surface area contributed by atoms with Gasteiger partial charge < -0.3 is 15.8 Å². The molecule has 0 aromatic heterocycles. The molecule has 6 heteroatoms. The van der Waals surface area contributed by atoms with Gasteiger partial charge in [0.2, 0.25) is 5.91 Å². The molecule has 2 amide bonds. The molecule has 24 heavy (non-hydrogen) atoms. The average Bonchev–Trinajstić information content (AvgIpc) is 2.57. The summed E-state index contributed by atoms with van der Waals surface area (Å²) < 4.78 is 5.54. The maximum atomic E-state index is 12.3. The van der Waals surface area contributed by atoms with Crippen LogP contribution in [-0.2, 0) is 16.0 Å². The molecule has 0 aliphatic carbocycles. The minimum atomic E-state index is -0.817. The summed E-state index contributed by atoms with van der Waals surface area (Å²) in [4.78, 5) is 23.9. The highest BCUT2D eigenvalue weighted by atomic mass is 35.5. The van der Waals surface area contributed by atoms with E-state index in [4.69, 9.17) is 22.1 Å². The molecule has 2 rings (SSSR count). The summed E-state index contributed by atoms with van der Waals surface area (Å²) in [7, 11) is 0. The average molecular weight is 347 g/mol. The normalized spacial score (nSPS) is 12.9. The number of carbonyl (C=O) groups is 2. The fourth-order valence-electron chi connectivity index (χ4n) is 2.15. The molecule has 0 unspecified atom stereocenters. The van der Waals surface area contributed by atoms with E-state index in [0.29, 0.717) is 17.2 Å². The van der Waals surface area contributed by atoms with E-state index < -0.39 is 24.0 Å². The number of hydrogen-bond donors (Lipinski definition) is 2. The van der Waals surface area contributed by atoms with Crippen LogP contribution in [0.4, 0.5) is 0 Å². The summed E-state index contributed by atoms with van der Waals surface area (Å²) >= 11 is 6.01. The molecular formula is C18H19ClN2O3. The van der Waals surface area contributed by atoms with Crippen molar-refractivity contribution < 1.29 is 14.3 Å². The number of rotatable bonds is 7. The van der Waals surface area contributed by atoms with E-state index in [1.807, 2.05) is 30.3 Å². The van der Waals surface area contributed by atoms with Crippen molar-refractivity contribution in [1.82, 2.24) is 5.32 Å². The van der Waals surface area contributed by atoms with Gasteiger partial charge in [-0.25, -0.2) is 0 Å². The van der Waals surface area contributed by atoms with Crippen molar-refractivity contribution in [1.29, 1.82) is 0 Å². The van der Waals surface area contributed by atoms with Gasteiger partial charge in [0, 0.05) is 6.42 Å². The molecule has 0 bridgehead atoms. The van der Waals surface area contributed by atoms with E-state index in [2.05, 4.69) is 5.32 Å². The number of halogens is 1. The molecular weight excluding hydrogens is 328 g/mol. The lowest BCUT2D eigenvalue weighted by Gasteiger charge is -2.20. The Balaban J connectivity index is 1.99. The smallest absolute Gasteiger partial charge is 0.261 e. The maximum absolute atomic E-state index is 12.3. The van der Waals surface area contributed by atoms with Crippen LogP contribution in [0.1, 0.15) is 12.5 Å². The number of nitrogens with one attached hydrogen (secondary N) is 1. The number of carbonyl (C=O) groups excluding carboxylic acids is 2. The van der Waals surface area contributed by atoms with Crippen molar-refractivity contribution in [3.63, 3.8) is 0 Å². The Labute approximate surface area is 145 Å². The van der Waals surface area contributed by atoms with Crippen LogP contribution >= 0.6 is 11.6 Å². The highest BCUT2D eigenvalue weighted by molar-refractivity contribution is 6.32. The minimum Gasteiger partial charge on any atom is -0.479 e. The van der Waals surface area contributed by atoms with E-state index in [0.717, 1.165) is 5.56 Å². The lowest BCUT2D eigenvalue weighted by atomic mass is 10.1. The number of ether oxygens (including phenoxy) is 1. The predicted molar refractivity (Wildman–Crippen MR) is 92.8 cm³/mol. The molecule has 0 saturated carbocycles. The number of para-hydroxylation sites is 1. The number of hydrogen-bond acceptors (Lipinski definition) is 3. The number of benzene rings is 2. The van der Waals surface area contributed by atoms with Gasteiger partial charge in [0.1, 0.15) is 11.8 Å². The van der Waals surface area contributed by atoms with Gasteiger partial charge in [-0.15, -0.1) is 0 Å². The van der Waals surface area contributed by atoms with Gasteiger partial charge >= 0.3 is 0 Å². The lowest BCUT2D eigenvalue weighted by molar-refractivity contribution is -0.131. The van der Waals surface area contributed by atoms with Crippen LogP contribution in [0.5, 0.6) is 5.75 Å². The van der Waals surface area contributed by atoms with E-state index >= 15 is 0 Å². The Morgan fingerprint density at radius 1 is 1.12 bits per heavy atom. The van der Waals surface area contributed by atoms with Crippen molar-refractivity contribution >= 4 is 23.4 Å². The van der Waals surface area contributed by atoms with Crippen molar-refractivity contribution in [2.45, 2.75) is 25.5 Å². The summed E-state index contributed by atoms with van der Waals surface area (Å²) in [5.41, 5.74) is 6.30. The Kier molecular flexibility index (Phi) is 6.21. The van der Waals surface area contributed by atoms with Gasteiger partial charge in [-0.05, 0) is 24.6 Å². The van der Waals surface area contributed by atoms with Crippen LogP contribution in [0.15, 0.2) is 54.6 Å². The lowest BCUT2D eigenvalue weighted by Crippen LogP contribution is -2.49. The Morgan fingerprint density at radius 2 is 1.75 bits per heavy atom. The van der Waals surface area contributed by atoms with Crippen molar-refractivity contribution in [3.8, 4) is 5.75 Å². The van der Waals surface area contributed by atoms with Crippen LogP contribution in [0.2, 0.25) is 5.02 Å². The zero-order valence-electron chi connectivity index (χ0n) is 13.2. The highest BCUT2D eigenvalue weighted by Gasteiger charge is 2.23. The SMILES string of the molecule is C[C@H](Oc1ccccc1Cl)C(=O)N[C@H](Cc1ccccc1)C(N)=O. The van der Waals surface area contributed by atoms with Gasteiger partial charge in [0.15, 0.2) is 6.10 Å². The molecule has 0 saturated heterocycles. The molecule has 0 heterocycles. The first-order chi connectivity index (χ1) is 11.5. The van der Waals surface area contributed by atoms with Crippen molar-refractivity contribution in [2.24, 2.45) is 5.73 Å². The summed E-state index contributed by atoms with van der Waals surface area (Å²) in [6.07, 6.45) is -0.497. The van der Waals surface area contributed by atoms with Crippen molar-refractivity contribution in [2.75, 3.05) is 0 Å². The monoisotopic (exact) mass is 346 g/mol. The predicted octanol–water partition coefficient (Wildman–Crippen LogP) is 2.32. The zero-order chi connectivity index (χ0) is 17.5. The van der Waals surface area contributed by atoms with E-state index in [1.54, 1.807) is 31.2 Å². The van der Waals surface area contributed by atoms with Gasteiger partial charge in [-0.3, -0.25) is 9.59 Å². The second-order valence-electron chi connectivity index (χ2n) is 5.34. The molecule has 0 spiro atoms. The number of amides is 2. The molecule has 2 aromatic carbocycles. The van der Waals surface area contributed by atoms with Crippen LogP contribution in [-0.4, -0.2) is 24.0 Å². The summed E-state index contributed by atoms with van der Waals surface area (Å²) in [5, 5.41) is 3.03. The topological polar surface area (TPSA) is 81.4 Å². The first-order valence-corrected chi connectivity index (χ1v) is 7.90. The molecule has 126 valence electrons. The summed E-state index contributed by atoms with van der Waals surface area (Å²) in [5.74, 6) is -0.632. The standard InChI is InChI=1S/C18H19ClN2O3/c1-12(24-16-10-6-5-9-14(16)19)18(23)21-15(17(20)22)11-13-7-3-2-4-8-13/h2-10,12,15H,11H2,1H3,(H2,20,22)(H,21,23)/t12-,15+/m0/s1.